The molecule has 0 saturated heterocycles. The molecule has 0 aliphatic heterocycles. The average Bonchev–Trinajstić information content (AvgIpc) is 2.88. The van der Waals surface area contributed by atoms with Crippen LogP contribution >= 0.6 is 0 Å². The van der Waals surface area contributed by atoms with Crippen LogP contribution in [0, 0.1) is 5.82 Å². The lowest BCUT2D eigenvalue weighted by Crippen LogP contribution is -2.28. The van der Waals surface area contributed by atoms with Crippen molar-refractivity contribution < 1.29 is 18.7 Å². The maximum atomic E-state index is 12.8. The van der Waals surface area contributed by atoms with Crippen LogP contribution in [-0.2, 0) is 13.0 Å². The highest BCUT2D eigenvalue weighted by molar-refractivity contribution is 5.86. The van der Waals surface area contributed by atoms with E-state index in [1.54, 1.807) is 18.2 Å². The van der Waals surface area contributed by atoms with Gasteiger partial charge in [0.05, 0.1) is 6.26 Å². The number of benzene rings is 1. The highest BCUT2D eigenvalue weighted by atomic mass is 19.1. The Labute approximate surface area is 116 Å². The summed E-state index contributed by atoms with van der Waals surface area (Å²) in [5.41, 5.74) is 1.64. The van der Waals surface area contributed by atoms with Gasteiger partial charge in [0.1, 0.15) is 5.82 Å². The van der Waals surface area contributed by atoms with Crippen molar-refractivity contribution in [2.75, 3.05) is 0 Å². The fourth-order valence-corrected chi connectivity index (χ4v) is 1.99. The predicted octanol–water partition coefficient (Wildman–Crippen LogP) is 2.84. The molecular weight excluding hydrogens is 261 g/mol. The number of hydrogen-bond acceptors (Lipinski definition) is 3. The smallest absolute Gasteiger partial charge is 0.372 e. The minimum Gasteiger partial charge on any atom is -0.475 e. The number of aromatic carboxylic acids is 1. The topological polar surface area (TPSA) is 62.5 Å². The van der Waals surface area contributed by atoms with Crippen molar-refractivity contribution >= 4 is 5.97 Å². The van der Waals surface area contributed by atoms with E-state index in [9.17, 15) is 9.18 Å². The van der Waals surface area contributed by atoms with Crippen LogP contribution in [0.3, 0.4) is 0 Å². The molecule has 0 fully saturated rings. The van der Waals surface area contributed by atoms with E-state index in [4.69, 9.17) is 9.52 Å². The molecule has 1 heterocycles. The number of halogens is 1. The first-order valence-electron chi connectivity index (χ1n) is 6.33. The highest BCUT2D eigenvalue weighted by Gasteiger charge is 2.14. The maximum absolute atomic E-state index is 12.8. The van der Waals surface area contributed by atoms with Gasteiger partial charge in [0.2, 0.25) is 5.76 Å². The van der Waals surface area contributed by atoms with E-state index < -0.39 is 5.97 Å². The molecule has 0 saturated carbocycles. The van der Waals surface area contributed by atoms with E-state index in [0.29, 0.717) is 12.1 Å². The summed E-state index contributed by atoms with van der Waals surface area (Å²) < 4.78 is 17.7. The van der Waals surface area contributed by atoms with Gasteiger partial charge in [-0.25, -0.2) is 9.18 Å². The molecule has 2 rings (SSSR count). The minimum atomic E-state index is -1.07. The maximum Gasteiger partial charge on any atom is 0.372 e. The Kier molecular flexibility index (Phi) is 4.53. The van der Waals surface area contributed by atoms with Crippen LogP contribution in [0.2, 0.25) is 0 Å². The van der Waals surface area contributed by atoms with Crippen LogP contribution in [0.4, 0.5) is 4.39 Å². The monoisotopic (exact) mass is 277 g/mol. The fraction of sp³-hybridized carbons (Fsp3) is 0.267. The van der Waals surface area contributed by atoms with Crippen LogP contribution in [0.15, 0.2) is 41.0 Å². The van der Waals surface area contributed by atoms with Gasteiger partial charge in [-0.3, -0.25) is 0 Å². The Bertz CT molecular complexity index is 577. The molecule has 0 aliphatic rings. The zero-order chi connectivity index (χ0) is 14.5. The Morgan fingerprint density at radius 2 is 2.05 bits per heavy atom. The minimum absolute atomic E-state index is 0.0357. The third kappa shape index (κ3) is 3.68. The van der Waals surface area contributed by atoms with E-state index in [2.05, 4.69) is 5.32 Å². The lowest BCUT2D eigenvalue weighted by Gasteiger charge is -2.13. The number of nitrogens with one attached hydrogen (secondary N) is 1. The number of hydrogen-bond donors (Lipinski definition) is 2. The summed E-state index contributed by atoms with van der Waals surface area (Å²) in [6.45, 7) is 2.41. The Morgan fingerprint density at radius 3 is 2.70 bits per heavy atom. The normalized spacial score (nSPS) is 12.3. The summed E-state index contributed by atoms with van der Waals surface area (Å²) >= 11 is 0. The number of furan rings is 1. The highest BCUT2D eigenvalue weighted by Crippen LogP contribution is 2.11. The molecule has 1 aromatic heterocycles. The van der Waals surface area contributed by atoms with E-state index in [1.165, 1.54) is 18.4 Å². The quantitative estimate of drug-likeness (QED) is 0.852. The van der Waals surface area contributed by atoms with Crippen LogP contribution in [-0.4, -0.2) is 17.1 Å². The number of rotatable bonds is 6. The van der Waals surface area contributed by atoms with E-state index >= 15 is 0 Å². The molecule has 2 aromatic rings. The number of carboxylic acid groups (broad SMARTS) is 1. The molecule has 4 nitrogen and oxygen atoms in total. The SMILES string of the molecule is CC(Cc1ccc(F)cc1)NCc1ccoc1C(=O)O. The molecule has 1 atom stereocenters. The van der Waals surface area contributed by atoms with Crippen molar-refractivity contribution in [2.45, 2.75) is 25.9 Å². The van der Waals surface area contributed by atoms with Crippen molar-refractivity contribution in [1.29, 1.82) is 0 Å². The first-order chi connectivity index (χ1) is 9.56. The predicted molar refractivity (Wildman–Crippen MR) is 72.1 cm³/mol. The van der Waals surface area contributed by atoms with Gasteiger partial charge < -0.3 is 14.8 Å². The molecule has 0 amide bonds. The van der Waals surface area contributed by atoms with Crippen LogP contribution in [0.5, 0.6) is 0 Å². The summed E-state index contributed by atoms with van der Waals surface area (Å²) in [7, 11) is 0. The Balaban J connectivity index is 1.89. The summed E-state index contributed by atoms with van der Waals surface area (Å²) in [6, 6.07) is 8.13. The van der Waals surface area contributed by atoms with E-state index in [0.717, 1.165) is 12.0 Å². The zero-order valence-electron chi connectivity index (χ0n) is 11.1. The van der Waals surface area contributed by atoms with Gasteiger partial charge >= 0.3 is 5.97 Å². The van der Waals surface area contributed by atoms with E-state index in [-0.39, 0.29) is 17.6 Å². The lowest BCUT2D eigenvalue weighted by molar-refractivity contribution is 0.0660. The third-order valence-corrected chi connectivity index (χ3v) is 3.04. The molecular formula is C15H16FNO3. The van der Waals surface area contributed by atoms with Crippen LogP contribution < -0.4 is 5.32 Å². The summed E-state index contributed by atoms with van der Waals surface area (Å²) in [5.74, 6) is -1.36. The van der Waals surface area contributed by atoms with Crippen molar-refractivity contribution in [3.63, 3.8) is 0 Å². The van der Waals surface area contributed by atoms with Crippen molar-refractivity contribution in [3.8, 4) is 0 Å². The van der Waals surface area contributed by atoms with Crippen LogP contribution in [0.25, 0.3) is 0 Å². The molecule has 20 heavy (non-hydrogen) atoms. The summed E-state index contributed by atoms with van der Waals surface area (Å²) in [5, 5.41) is 12.2. The lowest BCUT2D eigenvalue weighted by atomic mass is 10.1. The van der Waals surface area contributed by atoms with Gasteiger partial charge in [0.25, 0.3) is 0 Å². The van der Waals surface area contributed by atoms with E-state index in [1.807, 2.05) is 6.92 Å². The van der Waals surface area contributed by atoms with Gasteiger partial charge in [-0.2, -0.15) is 0 Å². The molecule has 5 heteroatoms. The number of carboxylic acids is 1. The zero-order valence-corrected chi connectivity index (χ0v) is 11.1. The second-order valence-electron chi connectivity index (χ2n) is 4.69. The molecule has 1 aromatic carbocycles. The van der Waals surface area contributed by atoms with Crippen molar-refractivity contribution in [1.82, 2.24) is 5.32 Å². The molecule has 0 bridgehead atoms. The Hall–Kier alpha value is -2.14. The van der Waals surface area contributed by atoms with Gasteiger partial charge in [-0.05, 0) is 37.1 Å². The molecule has 1 unspecified atom stereocenters. The molecule has 0 spiro atoms. The van der Waals surface area contributed by atoms with Gasteiger partial charge in [0.15, 0.2) is 0 Å². The van der Waals surface area contributed by atoms with Gasteiger partial charge in [-0.15, -0.1) is 0 Å². The van der Waals surface area contributed by atoms with Gasteiger partial charge in [0, 0.05) is 18.2 Å². The van der Waals surface area contributed by atoms with Crippen molar-refractivity contribution in [2.24, 2.45) is 0 Å². The van der Waals surface area contributed by atoms with Gasteiger partial charge in [-0.1, -0.05) is 12.1 Å². The fourth-order valence-electron chi connectivity index (χ4n) is 1.99. The molecule has 2 N–H and O–H groups in total. The standard InChI is InChI=1S/C15H16FNO3/c1-10(8-11-2-4-13(16)5-3-11)17-9-12-6-7-20-14(12)15(18)19/h2-7,10,17H,8-9H2,1H3,(H,18,19). The number of carbonyl (C=O) groups is 1. The first kappa shape index (κ1) is 14.3. The average molecular weight is 277 g/mol. The Morgan fingerprint density at radius 1 is 1.35 bits per heavy atom. The molecule has 0 aliphatic carbocycles. The molecule has 106 valence electrons. The first-order valence-corrected chi connectivity index (χ1v) is 6.33. The van der Waals surface area contributed by atoms with Crippen LogP contribution in [0.1, 0.15) is 28.6 Å². The third-order valence-electron chi connectivity index (χ3n) is 3.04. The summed E-state index contributed by atoms with van der Waals surface area (Å²) in [6.07, 6.45) is 2.10. The second-order valence-corrected chi connectivity index (χ2v) is 4.69. The summed E-state index contributed by atoms with van der Waals surface area (Å²) in [4.78, 5) is 10.9. The second kappa shape index (κ2) is 6.34. The largest absolute Gasteiger partial charge is 0.475 e. The van der Waals surface area contributed by atoms with Crippen molar-refractivity contribution in [3.05, 3.63) is 59.3 Å². The molecule has 0 radical (unpaired) electrons.